The van der Waals surface area contributed by atoms with Crippen molar-refractivity contribution in [2.45, 2.75) is 26.0 Å². The first-order valence-corrected chi connectivity index (χ1v) is 7.21. The summed E-state index contributed by atoms with van der Waals surface area (Å²) in [5, 5.41) is 1.79. The Hall–Kier alpha value is -1.43. The molecule has 0 unspecified atom stereocenters. The topological polar surface area (TPSA) is 63.2 Å². The highest BCUT2D eigenvalue weighted by atomic mass is 32.2. The fraction of sp³-hybridized carbons (Fsp3) is 0.417. The lowest BCUT2D eigenvalue weighted by molar-refractivity contribution is -0.113. The van der Waals surface area contributed by atoms with Crippen molar-refractivity contribution >= 4 is 21.4 Å². The van der Waals surface area contributed by atoms with Crippen LogP contribution in [0.2, 0.25) is 0 Å². The van der Waals surface area contributed by atoms with E-state index in [0.717, 1.165) is 6.07 Å². The molecule has 100 valence electrons. The SMILES string of the molecule is Cc1ccc(F)cc1NC(=O)CS(=O)(=O)C(C)C. The van der Waals surface area contributed by atoms with Crippen LogP contribution in [0.25, 0.3) is 0 Å². The molecule has 0 fully saturated rings. The zero-order valence-electron chi connectivity index (χ0n) is 10.5. The molecule has 0 aliphatic rings. The van der Waals surface area contributed by atoms with Gasteiger partial charge in [-0.1, -0.05) is 6.07 Å². The third-order valence-electron chi connectivity index (χ3n) is 2.52. The zero-order valence-corrected chi connectivity index (χ0v) is 11.3. The molecule has 1 aromatic carbocycles. The minimum Gasteiger partial charge on any atom is -0.325 e. The van der Waals surface area contributed by atoms with Crippen molar-refractivity contribution in [3.05, 3.63) is 29.6 Å². The van der Waals surface area contributed by atoms with E-state index in [0.29, 0.717) is 11.3 Å². The molecule has 0 aliphatic carbocycles. The van der Waals surface area contributed by atoms with Crippen molar-refractivity contribution in [3.8, 4) is 0 Å². The number of benzene rings is 1. The van der Waals surface area contributed by atoms with Crippen LogP contribution >= 0.6 is 0 Å². The van der Waals surface area contributed by atoms with Gasteiger partial charge < -0.3 is 5.32 Å². The summed E-state index contributed by atoms with van der Waals surface area (Å²) < 4.78 is 36.1. The van der Waals surface area contributed by atoms with Gasteiger partial charge in [0, 0.05) is 5.69 Å². The van der Waals surface area contributed by atoms with Crippen LogP contribution in [0.15, 0.2) is 18.2 Å². The molecule has 1 rings (SSSR count). The van der Waals surface area contributed by atoms with Gasteiger partial charge in [-0.15, -0.1) is 0 Å². The van der Waals surface area contributed by atoms with Crippen LogP contribution < -0.4 is 5.32 Å². The van der Waals surface area contributed by atoms with E-state index in [9.17, 15) is 17.6 Å². The Morgan fingerprint density at radius 2 is 2.00 bits per heavy atom. The molecule has 0 saturated carbocycles. The first-order valence-electron chi connectivity index (χ1n) is 5.50. The normalized spacial score (nSPS) is 11.6. The summed E-state index contributed by atoms with van der Waals surface area (Å²) in [5.41, 5.74) is 0.964. The van der Waals surface area contributed by atoms with Crippen molar-refractivity contribution in [2.75, 3.05) is 11.1 Å². The molecular formula is C12H16FNO3S. The Morgan fingerprint density at radius 3 is 2.56 bits per heavy atom. The molecule has 0 saturated heterocycles. The van der Waals surface area contributed by atoms with Gasteiger partial charge >= 0.3 is 0 Å². The molecule has 4 nitrogen and oxygen atoms in total. The van der Waals surface area contributed by atoms with Gasteiger partial charge in [-0.2, -0.15) is 0 Å². The molecule has 0 aliphatic heterocycles. The summed E-state index contributed by atoms with van der Waals surface area (Å²) in [6.07, 6.45) is 0. The predicted octanol–water partition coefficient (Wildman–Crippen LogP) is 1.90. The van der Waals surface area contributed by atoms with Gasteiger partial charge in [-0.05, 0) is 38.5 Å². The summed E-state index contributed by atoms with van der Waals surface area (Å²) in [7, 11) is -3.45. The Balaban J connectivity index is 2.80. The van der Waals surface area contributed by atoms with E-state index in [1.165, 1.54) is 26.0 Å². The van der Waals surface area contributed by atoms with Crippen molar-refractivity contribution in [3.63, 3.8) is 0 Å². The molecule has 0 radical (unpaired) electrons. The first-order chi connectivity index (χ1) is 8.22. The second-order valence-electron chi connectivity index (χ2n) is 4.36. The molecule has 1 amide bonds. The third kappa shape index (κ3) is 3.80. The minimum absolute atomic E-state index is 0.291. The van der Waals surface area contributed by atoms with Gasteiger partial charge in [0.1, 0.15) is 11.6 Å². The largest absolute Gasteiger partial charge is 0.325 e. The van der Waals surface area contributed by atoms with Crippen LogP contribution in [0.4, 0.5) is 10.1 Å². The number of aryl methyl sites for hydroxylation is 1. The van der Waals surface area contributed by atoms with Gasteiger partial charge in [0.25, 0.3) is 0 Å². The monoisotopic (exact) mass is 273 g/mol. The number of halogens is 1. The fourth-order valence-corrected chi connectivity index (χ4v) is 2.04. The summed E-state index contributed by atoms with van der Waals surface area (Å²) in [4.78, 5) is 11.6. The summed E-state index contributed by atoms with van der Waals surface area (Å²) >= 11 is 0. The van der Waals surface area contributed by atoms with E-state index in [-0.39, 0.29) is 0 Å². The maximum atomic E-state index is 13.0. The molecule has 18 heavy (non-hydrogen) atoms. The van der Waals surface area contributed by atoms with E-state index < -0.39 is 32.6 Å². The lowest BCUT2D eigenvalue weighted by Crippen LogP contribution is -2.28. The average molecular weight is 273 g/mol. The first kappa shape index (κ1) is 14.6. The number of rotatable bonds is 4. The van der Waals surface area contributed by atoms with Gasteiger partial charge in [-0.25, -0.2) is 12.8 Å². The third-order valence-corrected chi connectivity index (χ3v) is 4.63. The smallest absolute Gasteiger partial charge is 0.239 e. The molecule has 6 heteroatoms. The number of hydrogen-bond acceptors (Lipinski definition) is 3. The molecule has 0 aromatic heterocycles. The van der Waals surface area contributed by atoms with Gasteiger partial charge in [-0.3, -0.25) is 4.79 Å². The van der Waals surface area contributed by atoms with E-state index in [4.69, 9.17) is 0 Å². The lowest BCUT2D eigenvalue weighted by atomic mass is 10.2. The van der Waals surface area contributed by atoms with Crippen LogP contribution in [0.1, 0.15) is 19.4 Å². The second-order valence-corrected chi connectivity index (χ2v) is 6.92. The maximum Gasteiger partial charge on any atom is 0.239 e. The number of hydrogen-bond donors (Lipinski definition) is 1. The Morgan fingerprint density at radius 1 is 1.39 bits per heavy atom. The number of carbonyl (C=O) groups is 1. The quantitative estimate of drug-likeness (QED) is 0.911. The molecule has 1 N–H and O–H groups in total. The second kappa shape index (κ2) is 5.48. The highest BCUT2D eigenvalue weighted by Gasteiger charge is 2.20. The number of sulfone groups is 1. The molecule has 0 bridgehead atoms. The Bertz CT molecular complexity index is 552. The van der Waals surface area contributed by atoms with Crippen molar-refractivity contribution < 1.29 is 17.6 Å². The Labute approximate surface area is 106 Å². The van der Waals surface area contributed by atoms with Crippen molar-refractivity contribution in [1.29, 1.82) is 0 Å². The molecule has 0 spiro atoms. The van der Waals surface area contributed by atoms with E-state index in [1.54, 1.807) is 6.92 Å². The maximum absolute atomic E-state index is 13.0. The van der Waals surface area contributed by atoms with Crippen molar-refractivity contribution in [1.82, 2.24) is 0 Å². The van der Waals surface area contributed by atoms with Crippen LogP contribution in [0, 0.1) is 12.7 Å². The number of nitrogens with one attached hydrogen (secondary N) is 1. The average Bonchev–Trinajstić information content (AvgIpc) is 2.22. The lowest BCUT2D eigenvalue weighted by Gasteiger charge is -2.10. The van der Waals surface area contributed by atoms with Crippen LogP contribution in [0.3, 0.4) is 0 Å². The van der Waals surface area contributed by atoms with E-state index in [2.05, 4.69) is 5.32 Å². The summed E-state index contributed by atoms with van der Waals surface area (Å²) in [6.45, 7) is 4.72. The van der Waals surface area contributed by atoms with Gasteiger partial charge in [0.15, 0.2) is 9.84 Å². The van der Waals surface area contributed by atoms with E-state index in [1.807, 2.05) is 0 Å². The van der Waals surface area contributed by atoms with Crippen LogP contribution in [-0.4, -0.2) is 25.3 Å². The summed E-state index contributed by atoms with van der Waals surface area (Å²) in [5.74, 6) is -1.74. The summed E-state index contributed by atoms with van der Waals surface area (Å²) in [6, 6.07) is 3.95. The number of carbonyl (C=O) groups excluding carboxylic acids is 1. The van der Waals surface area contributed by atoms with Crippen LogP contribution in [-0.2, 0) is 14.6 Å². The van der Waals surface area contributed by atoms with Crippen molar-refractivity contribution in [2.24, 2.45) is 0 Å². The van der Waals surface area contributed by atoms with Gasteiger partial charge in [0.2, 0.25) is 5.91 Å². The van der Waals surface area contributed by atoms with E-state index >= 15 is 0 Å². The Kier molecular flexibility index (Phi) is 4.45. The highest BCUT2D eigenvalue weighted by Crippen LogP contribution is 2.16. The molecule has 1 aromatic rings. The molecular weight excluding hydrogens is 257 g/mol. The predicted molar refractivity (Wildman–Crippen MR) is 68.7 cm³/mol. The molecule has 0 heterocycles. The molecule has 0 atom stereocenters. The number of amides is 1. The fourth-order valence-electron chi connectivity index (χ4n) is 1.26. The highest BCUT2D eigenvalue weighted by molar-refractivity contribution is 7.92. The minimum atomic E-state index is -3.45. The number of anilines is 1. The van der Waals surface area contributed by atoms with Crippen LogP contribution in [0.5, 0.6) is 0 Å². The standard InChI is InChI=1S/C12H16FNO3S/c1-8(2)18(16,17)7-12(15)14-11-6-10(13)5-4-9(11)3/h4-6,8H,7H2,1-3H3,(H,14,15). The zero-order chi connectivity index (χ0) is 13.9. The van der Waals surface area contributed by atoms with Gasteiger partial charge in [0.05, 0.1) is 5.25 Å².